The van der Waals surface area contributed by atoms with Gasteiger partial charge in [0.2, 0.25) is 5.88 Å². The van der Waals surface area contributed by atoms with Crippen LogP contribution in [-0.2, 0) is 19.6 Å². The number of aromatic hydroxyl groups is 1. The molecule has 186 valence electrons. The van der Waals surface area contributed by atoms with Crippen molar-refractivity contribution in [1.29, 1.82) is 0 Å². The summed E-state index contributed by atoms with van der Waals surface area (Å²) in [6.45, 7) is -0.0967. The number of aliphatic imine (C=N–C) groups is 1. The number of rotatable bonds is 9. The highest BCUT2D eigenvalue weighted by molar-refractivity contribution is 5.84. The van der Waals surface area contributed by atoms with E-state index in [1.807, 2.05) is 12.1 Å². The number of benzene rings is 2. The number of aliphatic hydroxyl groups is 1. The Morgan fingerprint density at radius 2 is 1.86 bits per heavy atom. The molecule has 0 atom stereocenters. The quantitative estimate of drug-likeness (QED) is 0.306. The molecule has 0 aliphatic carbocycles. The molecule has 0 amide bonds. The fourth-order valence-electron chi connectivity index (χ4n) is 3.67. The average molecular weight is 492 g/mol. The van der Waals surface area contributed by atoms with E-state index in [-0.39, 0.29) is 18.7 Å². The Labute approximate surface area is 205 Å². The molecule has 36 heavy (non-hydrogen) atoms. The minimum Gasteiger partial charge on any atom is -0.494 e. The first-order valence-corrected chi connectivity index (χ1v) is 11.0. The van der Waals surface area contributed by atoms with Crippen LogP contribution >= 0.6 is 0 Å². The van der Waals surface area contributed by atoms with E-state index in [0.717, 1.165) is 15.7 Å². The molecule has 3 N–H and O–H groups in total. The van der Waals surface area contributed by atoms with Crippen LogP contribution in [0.5, 0.6) is 17.4 Å². The van der Waals surface area contributed by atoms with Gasteiger partial charge in [0.15, 0.2) is 11.5 Å². The van der Waals surface area contributed by atoms with Crippen LogP contribution < -0.4 is 20.7 Å². The highest BCUT2D eigenvalue weighted by Gasteiger charge is 2.14. The number of nitrogens with one attached hydrogen (secondary N) is 1. The summed E-state index contributed by atoms with van der Waals surface area (Å²) in [5.41, 5.74) is 0.444. The first kappa shape index (κ1) is 24.6. The summed E-state index contributed by atoms with van der Waals surface area (Å²) in [6, 6.07) is 15.8. The second-order valence-corrected chi connectivity index (χ2v) is 7.82. The van der Waals surface area contributed by atoms with Gasteiger partial charge in [-0.1, -0.05) is 18.2 Å². The molecule has 0 saturated carbocycles. The lowest BCUT2D eigenvalue weighted by molar-refractivity contribution is 0.248. The van der Waals surface area contributed by atoms with Gasteiger partial charge in [-0.05, 0) is 48.4 Å². The number of aromatic amines is 1. The molecule has 4 rings (SSSR count). The van der Waals surface area contributed by atoms with E-state index in [9.17, 15) is 19.8 Å². The Bertz CT molecular complexity index is 1510. The Morgan fingerprint density at radius 1 is 1.06 bits per heavy atom. The number of ether oxygens (including phenoxy) is 2. The van der Waals surface area contributed by atoms with Crippen molar-refractivity contribution in [3.8, 4) is 28.7 Å². The maximum Gasteiger partial charge on any atom is 0.331 e. The molecule has 0 spiro atoms. The van der Waals surface area contributed by atoms with Gasteiger partial charge in [0, 0.05) is 18.3 Å². The van der Waals surface area contributed by atoms with Crippen LogP contribution in [0.3, 0.4) is 0 Å². The summed E-state index contributed by atoms with van der Waals surface area (Å²) in [4.78, 5) is 31.3. The lowest BCUT2D eigenvalue weighted by atomic mass is 10.1. The zero-order valence-electron chi connectivity index (χ0n) is 19.7. The first-order valence-electron chi connectivity index (χ1n) is 11.0. The molecule has 4 aromatic rings. The minimum atomic E-state index is -0.751. The van der Waals surface area contributed by atoms with Crippen LogP contribution in [0, 0.1) is 0 Å². The van der Waals surface area contributed by atoms with Crippen molar-refractivity contribution in [1.82, 2.24) is 9.55 Å². The van der Waals surface area contributed by atoms with Crippen molar-refractivity contribution < 1.29 is 24.1 Å². The lowest BCUT2D eigenvalue weighted by Gasteiger charge is -2.12. The van der Waals surface area contributed by atoms with Crippen molar-refractivity contribution in [2.24, 2.45) is 4.99 Å². The molecule has 2 aromatic heterocycles. The Hall–Kier alpha value is -4.57. The summed E-state index contributed by atoms with van der Waals surface area (Å²) < 4.78 is 17.2. The highest BCUT2D eigenvalue weighted by Crippen LogP contribution is 2.28. The van der Waals surface area contributed by atoms with Crippen LogP contribution in [-0.4, -0.2) is 40.2 Å². The van der Waals surface area contributed by atoms with Crippen molar-refractivity contribution in [3.63, 3.8) is 0 Å². The maximum absolute atomic E-state index is 12.4. The molecule has 10 nitrogen and oxygen atoms in total. The van der Waals surface area contributed by atoms with Crippen LogP contribution in [0.25, 0.3) is 11.3 Å². The summed E-state index contributed by atoms with van der Waals surface area (Å²) in [6.07, 6.45) is 1.60. The molecular formula is C26H25N3O7. The van der Waals surface area contributed by atoms with E-state index in [2.05, 4.69) is 9.98 Å². The number of aryl methyl sites for hydroxylation is 1. The number of hydrogen-bond acceptors (Lipinski definition) is 8. The zero-order chi connectivity index (χ0) is 25.7. The van der Waals surface area contributed by atoms with Crippen LogP contribution in [0.4, 0.5) is 5.69 Å². The largest absolute Gasteiger partial charge is 0.494 e. The van der Waals surface area contributed by atoms with E-state index < -0.39 is 17.1 Å². The van der Waals surface area contributed by atoms with Gasteiger partial charge in [0.1, 0.15) is 23.7 Å². The Kier molecular flexibility index (Phi) is 7.36. The van der Waals surface area contributed by atoms with Crippen LogP contribution in [0.15, 0.2) is 73.6 Å². The topological polar surface area (TPSA) is 139 Å². The van der Waals surface area contributed by atoms with Gasteiger partial charge >= 0.3 is 5.69 Å². The number of furan rings is 1. The van der Waals surface area contributed by atoms with E-state index >= 15 is 0 Å². The van der Waals surface area contributed by atoms with Crippen molar-refractivity contribution in [3.05, 3.63) is 92.3 Å². The van der Waals surface area contributed by atoms with E-state index in [1.165, 1.54) is 13.3 Å². The molecule has 0 unspecified atom stereocenters. The summed E-state index contributed by atoms with van der Waals surface area (Å²) >= 11 is 0. The van der Waals surface area contributed by atoms with Crippen molar-refractivity contribution in [2.45, 2.75) is 19.6 Å². The Balaban J connectivity index is 1.58. The van der Waals surface area contributed by atoms with Gasteiger partial charge in [-0.3, -0.25) is 19.3 Å². The minimum absolute atomic E-state index is 0.110. The number of hydrogen-bond donors (Lipinski definition) is 3. The van der Waals surface area contributed by atoms with Crippen LogP contribution in [0.1, 0.15) is 16.9 Å². The van der Waals surface area contributed by atoms with E-state index in [1.54, 1.807) is 49.6 Å². The molecule has 0 bridgehead atoms. The summed E-state index contributed by atoms with van der Waals surface area (Å²) in [5, 5.41) is 19.9. The monoisotopic (exact) mass is 491 g/mol. The fraction of sp³-hybridized carbons (Fsp3) is 0.192. The highest BCUT2D eigenvalue weighted by atomic mass is 16.5. The third-order valence-electron chi connectivity index (χ3n) is 5.57. The smallest absolute Gasteiger partial charge is 0.331 e. The number of aromatic nitrogens is 2. The first-order chi connectivity index (χ1) is 17.4. The fourth-order valence-corrected chi connectivity index (χ4v) is 3.67. The second-order valence-electron chi connectivity index (χ2n) is 7.82. The van der Waals surface area contributed by atoms with E-state index in [4.69, 9.17) is 13.9 Å². The number of aliphatic hydroxyl groups excluding tert-OH is 1. The van der Waals surface area contributed by atoms with Gasteiger partial charge in [-0.2, -0.15) is 0 Å². The standard InChI is InChI=1S/C26H25N3O7/c1-34-22-8-6-16(12-23(22)35-2)10-11-29-25(32)20(24(31)28-26(29)33)14-27-18-5-3-4-17(13-18)21-9-7-19(15-30)36-21/h3-9,12-14,30,32H,10-11,15H2,1-2H3,(H,28,31,33). The van der Waals surface area contributed by atoms with Gasteiger partial charge in [0.05, 0.1) is 19.9 Å². The van der Waals surface area contributed by atoms with E-state index in [0.29, 0.717) is 35.1 Å². The number of H-pyrrole nitrogens is 1. The van der Waals surface area contributed by atoms with Gasteiger partial charge in [-0.15, -0.1) is 0 Å². The molecule has 2 aromatic carbocycles. The van der Waals surface area contributed by atoms with Crippen LogP contribution in [0.2, 0.25) is 0 Å². The second kappa shape index (κ2) is 10.8. The third kappa shape index (κ3) is 5.23. The Morgan fingerprint density at radius 3 is 2.58 bits per heavy atom. The van der Waals surface area contributed by atoms with Gasteiger partial charge in [0.25, 0.3) is 5.56 Å². The predicted octanol–water partition coefficient (Wildman–Crippen LogP) is 3.01. The lowest BCUT2D eigenvalue weighted by Crippen LogP contribution is -2.32. The van der Waals surface area contributed by atoms with Gasteiger partial charge in [-0.25, -0.2) is 4.79 Å². The molecule has 0 aliphatic rings. The number of methoxy groups -OCH3 is 2. The SMILES string of the molecule is COc1ccc(CCn2c(O)c(C=Nc3cccc(-c4ccc(CO)o4)c3)c(=O)[nH]c2=O)cc1OC. The third-order valence-corrected chi connectivity index (χ3v) is 5.57. The number of nitrogens with zero attached hydrogens (tertiary/aromatic N) is 2. The molecule has 2 heterocycles. The normalized spacial score (nSPS) is 11.2. The maximum atomic E-state index is 12.4. The van der Waals surface area contributed by atoms with Crippen molar-refractivity contribution >= 4 is 11.9 Å². The molecule has 10 heteroatoms. The van der Waals surface area contributed by atoms with Crippen molar-refractivity contribution in [2.75, 3.05) is 14.2 Å². The van der Waals surface area contributed by atoms with Gasteiger partial charge < -0.3 is 24.1 Å². The molecule has 0 fully saturated rings. The zero-order valence-corrected chi connectivity index (χ0v) is 19.7. The average Bonchev–Trinajstić information content (AvgIpc) is 3.38. The molecule has 0 saturated heterocycles. The summed E-state index contributed by atoms with van der Waals surface area (Å²) in [7, 11) is 3.07. The molecule has 0 aliphatic heterocycles. The molecular weight excluding hydrogens is 466 g/mol. The summed E-state index contributed by atoms with van der Waals surface area (Å²) in [5.74, 6) is 1.63. The molecule has 0 radical (unpaired) electrons. The predicted molar refractivity (Wildman–Crippen MR) is 134 cm³/mol.